The summed E-state index contributed by atoms with van der Waals surface area (Å²) < 4.78 is 0. The molecule has 5 amide bonds. The van der Waals surface area contributed by atoms with Gasteiger partial charge in [-0.1, -0.05) is 59.5 Å². The summed E-state index contributed by atoms with van der Waals surface area (Å²) in [7, 11) is 0. The van der Waals surface area contributed by atoms with Gasteiger partial charge in [0.05, 0.1) is 18.3 Å². The number of nitrogens with zero attached hydrogens (tertiary/aromatic N) is 4. The summed E-state index contributed by atoms with van der Waals surface area (Å²) in [5.74, 6) is -3.83. The van der Waals surface area contributed by atoms with Gasteiger partial charge in [0.25, 0.3) is 11.8 Å². The van der Waals surface area contributed by atoms with Crippen LogP contribution in [-0.4, -0.2) is 98.5 Å². The second-order valence-electron chi connectivity index (χ2n) is 15.1. The highest BCUT2D eigenvalue weighted by atomic mass is 16.2. The predicted octanol–water partition coefficient (Wildman–Crippen LogP) is 1.36. The molecule has 1 saturated carbocycles. The molecule has 0 spiro atoms. The highest BCUT2D eigenvalue weighted by Gasteiger charge is 2.50. The van der Waals surface area contributed by atoms with E-state index in [1.54, 1.807) is 24.5 Å². The van der Waals surface area contributed by atoms with E-state index in [4.69, 9.17) is 0 Å². The van der Waals surface area contributed by atoms with Crippen LogP contribution in [0.5, 0.6) is 0 Å². The van der Waals surface area contributed by atoms with Gasteiger partial charge in [0.1, 0.15) is 23.8 Å². The largest absolute Gasteiger partial charge is 0.345 e. The van der Waals surface area contributed by atoms with Crippen molar-refractivity contribution in [1.29, 1.82) is 0 Å². The molecule has 0 aromatic carbocycles. The fourth-order valence-corrected chi connectivity index (χ4v) is 7.32. The summed E-state index contributed by atoms with van der Waals surface area (Å²) in [5, 5.41) is 14.5. The van der Waals surface area contributed by atoms with E-state index in [0.717, 1.165) is 43.2 Å². The molecule has 53 heavy (non-hydrogen) atoms. The predicted molar refractivity (Wildman–Crippen MR) is 195 cm³/mol. The molecule has 2 aromatic rings. The SMILES string of the molecule is CCC[C@H](NC(=O)[C@@H]1C2NCC=C2CN1C(=O)[C@@H](NC(=O)[C@@H](NC(=O)c1cnccn1)C1CCCCC1)C(C)(C)C)C(=O)C(=O)NCc1ccncc1. The van der Waals surface area contributed by atoms with Gasteiger partial charge in [0.15, 0.2) is 0 Å². The van der Waals surface area contributed by atoms with Crippen molar-refractivity contribution < 1.29 is 28.8 Å². The van der Waals surface area contributed by atoms with E-state index in [1.165, 1.54) is 23.5 Å². The molecule has 2 aromatic heterocycles. The first-order valence-corrected chi connectivity index (χ1v) is 18.5. The number of ketones is 1. The van der Waals surface area contributed by atoms with Crippen LogP contribution in [0.1, 0.15) is 88.7 Å². The van der Waals surface area contributed by atoms with Gasteiger partial charge in [-0.05, 0) is 53.9 Å². The standard InChI is InChI=1S/C38H51N9O6/c1-5-9-26(31(48)36(52)43-20-23-12-15-39-16-13-23)44-35(51)30-28-25(14-17-42-28)22-47(30)37(53)32(38(2,3)4)46-34(50)29(24-10-7-6-8-11-24)45-33(49)27-21-40-18-19-41-27/h12-16,18-19,21,24,26,28-30,32,42H,5-11,17,20,22H2,1-4H3,(H,43,52)(H,44,51)(H,45,49)(H,46,50)/t26-,28?,29-,30-,32+/m0/s1. The molecule has 5 atom stereocenters. The van der Waals surface area contributed by atoms with Gasteiger partial charge < -0.3 is 31.5 Å². The fourth-order valence-electron chi connectivity index (χ4n) is 7.32. The molecule has 5 N–H and O–H groups in total. The van der Waals surface area contributed by atoms with Gasteiger partial charge >= 0.3 is 0 Å². The van der Waals surface area contributed by atoms with E-state index in [9.17, 15) is 28.8 Å². The Morgan fingerprint density at radius 3 is 2.34 bits per heavy atom. The van der Waals surface area contributed by atoms with Crippen LogP contribution in [0.2, 0.25) is 0 Å². The van der Waals surface area contributed by atoms with Gasteiger partial charge in [-0.25, -0.2) is 4.98 Å². The third kappa shape index (κ3) is 9.69. The van der Waals surface area contributed by atoms with Gasteiger partial charge in [-0.2, -0.15) is 0 Å². The van der Waals surface area contributed by atoms with E-state index in [2.05, 4.69) is 41.5 Å². The van der Waals surface area contributed by atoms with Crippen molar-refractivity contribution in [1.82, 2.24) is 46.4 Å². The normalized spacial score (nSPS) is 20.3. The Bertz CT molecular complexity index is 1670. The molecule has 15 nitrogen and oxygen atoms in total. The van der Waals surface area contributed by atoms with E-state index in [0.29, 0.717) is 13.0 Å². The third-order valence-corrected chi connectivity index (χ3v) is 10.2. The summed E-state index contributed by atoms with van der Waals surface area (Å²) in [6.07, 6.45) is 14.4. The molecule has 2 fully saturated rings. The molecule has 1 saturated heterocycles. The Kier molecular flexibility index (Phi) is 13.0. The summed E-state index contributed by atoms with van der Waals surface area (Å²) >= 11 is 0. The number of hydrogen-bond acceptors (Lipinski definition) is 10. The Balaban J connectivity index is 1.34. The lowest BCUT2D eigenvalue weighted by Crippen LogP contribution is -2.63. The first-order chi connectivity index (χ1) is 25.4. The smallest absolute Gasteiger partial charge is 0.289 e. The first kappa shape index (κ1) is 39.2. The van der Waals surface area contributed by atoms with E-state index < -0.39 is 70.9 Å². The molecule has 1 unspecified atom stereocenters. The zero-order valence-corrected chi connectivity index (χ0v) is 30.9. The van der Waals surface area contributed by atoms with Gasteiger partial charge in [0, 0.05) is 44.4 Å². The zero-order chi connectivity index (χ0) is 38.1. The number of fused-ring (bicyclic) bond motifs is 1. The molecule has 5 rings (SSSR count). The second-order valence-corrected chi connectivity index (χ2v) is 15.1. The molecule has 284 valence electrons. The van der Waals surface area contributed by atoms with Crippen molar-refractivity contribution in [3.05, 3.63) is 66.0 Å². The van der Waals surface area contributed by atoms with Crippen LogP contribution in [-0.2, 0) is 30.5 Å². The average Bonchev–Trinajstić information content (AvgIpc) is 3.77. The number of amides is 5. The van der Waals surface area contributed by atoms with Crippen molar-refractivity contribution in [3.63, 3.8) is 0 Å². The number of carbonyl (C=O) groups is 6. The zero-order valence-electron chi connectivity index (χ0n) is 30.9. The van der Waals surface area contributed by atoms with Crippen molar-refractivity contribution in [2.45, 2.75) is 109 Å². The number of pyridine rings is 1. The minimum Gasteiger partial charge on any atom is -0.345 e. The first-order valence-electron chi connectivity index (χ1n) is 18.5. The molecule has 4 heterocycles. The minimum absolute atomic E-state index is 0.0777. The number of hydrogen-bond donors (Lipinski definition) is 5. The molecule has 1 aliphatic carbocycles. The number of aromatic nitrogens is 3. The van der Waals surface area contributed by atoms with Crippen molar-refractivity contribution in [3.8, 4) is 0 Å². The topological polar surface area (TPSA) is 204 Å². The quantitative estimate of drug-likeness (QED) is 0.140. The van der Waals surface area contributed by atoms with Crippen LogP contribution < -0.4 is 26.6 Å². The minimum atomic E-state index is -1.11. The van der Waals surface area contributed by atoms with Crippen LogP contribution in [0, 0.1) is 11.3 Å². The molecule has 0 bridgehead atoms. The van der Waals surface area contributed by atoms with Crippen molar-refractivity contribution in [2.75, 3.05) is 13.1 Å². The summed E-state index contributed by atoms with van der Waals surface area (Å²) in [6.45, 7) is 8.10. The average molecular weight is 730 g/mol. The lowest BCUT2D eigenvalue weighted by atomic mass is 9.82. The lowest BCUT2D eigenvalue weighted by Gasteiger charge is -2.38. The number of rotatable bonds is 14. The van der Waals surface area contributed by atoms with Gasteiger partial charge in [0.2, 0.25) is 23.5 Å². The van der Waals surface area contributed by atoms with Crippen molar-refractivity contribution >= 4 is 35.3 Å². The molecular formula is C38H51N9O6. The third-order valence-electron chi connectivity index (χ3n) is 10.2. The molecule has 2 aliphatic heterocycles. The summed E-state index contributed by atoms with van der Waals surface area (Å²) in [6, 6.07) is -1.21. The maximum Gasteiger partial charge on any atom is 0.289 e. The number of nitrogens with one attached hydrogen (secondary N) is 5. The Morgan fingerprint density at radius 1 is 0.943 bits per heavy atom. The number of likely N-dealkylation sites (tertiary alicyclic amines) is 1. The lowest BCUT2D eigenvalue weighted by molar-refractivity contribution is -0.145. The molecule has 0 radical (unpaired) electrons. The molecule has 15 heteroatoms. The highest BCUT2D eigenvalue weighted by Crippen LogP contribution is 2.32. The molecular weight excluding hydrogens is 678 g/mol. The number of Topliss-reactive ketones (excluding diaryl/α,β-unsaturated/α-hetero) is 1. The second kappa shape index (κ2) is 17.6. The van der Waals surface area contributed by atoms with E-state index in [-0.39, 0.29) is 31.1 Å². The highest BCUT2D eigenvalue weighted by molar-refractivity contribution is 6.38. The molecule has 3 aliphatic rings. The maximum atomic E-state index is 14.6. The van der Waals surface area contributed by atoms with Crippen molar-refractivity contribution in [2.24, 2.45) is 11.3 Å². The van der Waals surface area contributed by atoms with Gasteiger partial charge in [-0.3, -0.25) is 38.7 Å². The number of carbonyl (C=O) groups excluding carboxylic acids is 6. The van der Waals surface area contributed by atoms with Crippen LogP contribution >= 0.6 is 0 Å². The van der Waals surface area contributed by atoms with Crippen LogP contribution in [0.3, 0.4) is 0 Å². The van der Waals surface area contributed by atoms with Crippen LogP contribution in [0.25, 0.3) is 0 Å². The summed E-state index contributed by atoms with van der Waals surface area (Å²) in [5.41, 5.74) is 0.894. The Morgan fingerprint density at radius 2 is 1.68 bits per heavy atom. The van der Waals surface area contributed by atoms with E-state index in [1.807, 2.05) is 33.8 Å². The Labute approximate surface area is 310 Å². The van der Waals surface area contributed by atoms with Crippen LogP contribution in [0.15, 0.2) is 54.8 Å². The fraction of sp³-hybridized carbons (Fsp3) is 0.553. The van der Waals surface area contributed by atoms with Crippen LogP contribution in [0.4, 0.5) is 0 Å². The van der Waals surface area contributed by atoms with E-state index >= 15 is 0 Å². The summed E-state index contributed by atoms with van der Waals surface area (Å²) in [4.78, 5) is 95.9. The maximum absolute atomic E-state index is 14.6. The monoisotopic (exact) mass is 729 g/mol. The van der Waals surface area contributed by atoms with Gasteiger partial charge in [-0.15, -0.1) is 0 Å². The Hall–Kier alpha value is -5.05.